The molecular weight excluding hydrogens is 328 g/mol. The van der Waals surface area contributed by atoms with Crippen molar-refractivity contribution in [2.75, 3.05) is 16.4 Å². The van der Waals surface area contributed by atoms with Crippen molar-refractivity contribution < 1.29 is 4.79 Å². The maximum absolute atomic E-state index is 12.0. The molecule has 3 aromatic rings. The summed E-state index contributed by atoms with van der Waals surface area (Å²) < 4.78 is 0. The molecule has 0 aliphatic rings. The molecule has 0 radical (unpaired) electrons. The first-order valence-electron chi connectivity index (χ1n) is 7.01. The van der Waals surface area contributed by atoms with Crippen LogP contribution in [0.5, 0.6) is 0 Å². The molecule has 120 valence electrons. The fraction of sp³-hybridized carbons (Fsp3) is 0. The van der Waals surface area contributed by atoms with Crippen LogP contribution in [0.25, 0.3) is 11.4 Å². The van der Waals surface area contributed by atoms with Gasteiger partial charge < -0.3 is 11.1 Å². The van der Waals surface area contributed by atoms with Crippen molar-refractivity contribution in [3.05, 3.63) is 59.6 Å². The number of para-hydroxylation sites is 1. The summed E-state index contributed by atoms with van der Waals surface area (Å²) in [6.07, 6.45) is 0. The van der Waals surface area contributed by atoms with Crippen molar-refractivity contribution in [2.24, 2.45) is 0 Å². The van der Waals surface area contributed by atoms with E-state index in [1.807, 2.05) is 18.2 Å². The first-order valence-corrected chi connectivity index (χ1v) is 7.38. The van der Waals surface area contributed by atoms with Crippen LogP contribution in [0.4, 0.5) is 22.4 Å². The second-order valence-corrected chi connectivity index (χ2v) is 5.23. The quantitative estimate of drug-likeness (QED) is 0.677. The normalized spacial score (nSPS) is 10.2. The Morgan fingerprint density at radius 3 is 2.33 bits per heavy atom. The highest BCUT2D eigenvalue weighted by atomic mass is 35.5. The monoisotopic (exact) mass is 340 g/mol. The Morgan fingerprint density at radius 2 is 1.62 bits per heavy atom. The lowest BCUT2D eigenvalue weighted by atomic mass is 10.2. The second-order valence-electron chi connectivity index (χ2n) is 4.79. The van der Waals surface area contributed by atoms with E-state index in [0.717, 1.165) is 0 Å². The van der Waals surface area contributed by atoms with Crippen molar-refractivity contribution >= 4 is 35.2 Å². The van der Waals surface area contributed by atoms with Crippen molar-refractivity contribution in [3.8, 4) is 11.4 Å². The van der Waals surface area contributed by atoms with E-state index in [2.05, 4.69) is 25.6 Å². The number of aromatic nitrogens is 3. The highest BCUT2D eigenvalue weighted by Crippen LogP contribution is 2.19. The molecule has 0 saturated carbocycles. The highest BCUT2D eigenvalue weighted by Gasteiger charge is 2.10. The summed E-state index contributed by atoms with van der Waals surface area (Å²) in [5.41, 5.74) is 7.05. The molecule has 4 N–H and O–H groups in total. The molecular formula is C16H13ClN6O. The molecule has 7 nitrogen and oxygen atoms in total. The molecule has 1 heterocycles. The number of rotatable bonds is 3. The summed E-state index contributed by atoms with van der Waals surface area (Å²) in [5.74, 6) is 0.403. The summed E-state index contributed by atoms with van der Waals surface area (Å²) in [4.78, 5) is 24.2. The minimum atomic E-state index is -0.478. The number of anilines is 3. The van der Waals surface area contributed by atoms with Crippen molar-refractivity contribution in [1.82, 2.24) is 15.0 Å². The molecule has 8 heteroatoms. The summed E-state index contributed by atoms with van der Waals surface area (Å²) in [6, 6.07) is 15.5. The van der Waals surface area contributed by atoms with Gasteiger partial charge in [-0.2, -0.15) is 15.0 Å². The van der Waals surface area contributed by atoms with Crippen LogP contribution in [-0.2, 0) is 0 Å². The minimum absolute atomic E-state index is 0.00459. The van der Waals surface area contributed by atoms with Crippen molar-refractivity contribution in [3.63, 3.8) is 0 Å². The standard InChI is InChI=1S/C16H13ClN6O/c17-11-8-6-10(7-9-11)13-20-14(18)22-15(21-13)23-16(24)19-12-4-2-1-3-5-12/h1-9H,(H4,18,19,20,21,22,23,24). The molecule has 0 unspecified atom stereocenters. The first kappa shape index (κ1) is 15.7. The average Bonchev–Trinajstić information content (AvgIpc) is 2.55. The zero-order valence-corrected chi connectivity index (χ0v) is 13.2. The van der Waals surface area contributed by atoms with Gasteiger partial charge >= 0.3 is 6.03 Å². The van der Waals surface area contributed by atoms with Gasteiger partial charge in [-0.15, -0.1) is 0 Å². The Hall–Kier alpha value is -3.19. The van der Waals surface area contributed by atoms with Gasteiger partial charge in [0, 0.05) is 16.3 Å². The van der Waals surface area contributed by atoms with Crippen molar-refractivity contribution in [2.45, 2.75) is 0 Å². The Kier molecular flexibility index (Phi) is 4.53. The number of hydrogen-bond acceptors (Lipinski definition) is 5. The molecule has 3 rings (SSSR count). The summed E-state index contributed by atoms with van der Waals surface area (Å²) in [7, 11) is 0. The van der Waals surface area contributed by atoms with Crippen LogP contribution in [0.2, 0.25) is 5.02 Å². The number of nitrogens with zero attached hydrogens (tertiary/aromatic N) is 3. The number of nitrogens with two attached hydrogens (primary N) is 1. The number of urea groups is 1. The fourth-order valence-corrected chi connectivity index (χ4v) is 2.09. The van der Waals surface area contributed by atoms with Gasteiger partial charge in [-0.25, -0.2) is 4.79 Å². The van der Waals surface area contributed by atoms with E-state index in [9.17, 15) is 4.79 Å². The smallest absolute Gasteiger partial charge is 0.326 e. The Labute approximate surface area is 142 Å². The third-order valence-corrected chi connectivity index (χ3v) is 3.26. The maximum atomic E-state index is 12.0. The van der Waals surface area contributed by atoms with Crippen LogP contribution < -0.4 is 16.4 Å². The van der Waals surface area contributed by atoms with Gasteiger partial charge in [0.1, 0.15) is 0 Å². The minimum Gasteiger partial charge on any atom is -0.368 e. The SMILES string of the molecule is Nc1nc(NC(=O)Nc2ccccc2)nc(-c2ccc(Cl)cc2)n1. The summed E-state index contributed by atoms with van der Waals surface area (Å²) >= 11 is 5.86. The highest BCUT2D eigenvalue weighted by molar-refractivity contribution is 6.30. The van der Waals surface area contributed by atoms with Gasteiger partial charge in [0.2, 0.25) is 11.9 Å². The van der Waals surface area contributed by atoms with Gasteiger partial charge in [0.25, 0.3) is 0 Å². The third-order valence-electron chi connectivity index (χ3n) is 3.01. The van der Waals surface area contributed by atoms with E-state index in [1.165, 1.54) is 0 Å². The van der Waals surface area contributed by atoms with Crippen LogP contribution in [0.3, 0.4) is 0 Å². The number of nitrogens with one attached hydrogen (secondary N) is 2. The molecule has 24 heavy (non-hydrogen) atoms. The molecule has 0 aliphatic heterocycles. The second kappa shape index (κ2) is 6.93. The fourth-order valence-electron chi connectivity index (χ4n) is 1.96. The lowest BCUT2D eigenvalue weighted by molar-refractivity contribution is 0.262. The van der Waals surface area contributed by atoms with Crippen LogP contribution >= 0.6 is 11.6 Å². The van der Waals surface area contributed by atoms with Crippen LogP contribution in [0.1, 0.15) is 0 Å². The predicted octanol–water partition coefficient (Wildman–Crippen LogP) is 3.42. The third kappa shape index (κ3) is 3.96. The van der Waals surface area contributed by atoms with E-state index >= 15 is 0 Å². The number of carbonyl (C=O) groups is 1. The molecule has 0 aliphatic carbocycles. The van der Waals surface area contributed by atoms with Crippen LogP contribution in [-0.4, -0.2) is 21.0 Å². The van der Waals surface area contributed by atoms with Gasteiger partial charge in [-0.05, 0) is 36.4 Å². The molecule has 2 aromatic carbocycles. The topological polar surface area (TPSA) is 106 Å². The number of benzene rings is 2. The predicted molar refractivity (Wildman–Crippen MR) is 93.8 cm³/mol. The number of amides is 2. The number of halogens is 1. The van der Waals surface area contributed by atoms with E-state index in [1.54, 1.807) is 36.4 Å². The molecule has 0 saturated heterocycles. The molecule has 1 aromatic heterocycles. The molecule has 0 fully saturated rings. The van der Waals surface area contributed by atoms with Gasteiger partial charge in [0.05, 0.1) is 0 Å². The van der Waals surface area contributed by atoms with E-state index < -0.39 is 6.03 Å². The molecule has 2 amide bonds. The summed E-state index contributed by atoms with van der Waals surface area (Å²) in [5, 5.41) is 5.80. The van der Waals surface area contributed by atoms with Gasteiger partial charge in [-0.3, -0.25) is 5.32 Å². The lowest BCUT2D eigenvalue weighted by Crippen LogP contribution is -2.21. The number of hydrogen-bond donors (Lipinski definition) is 3. The molecule has 0 spiro atoms. The largest absolute Gasteiger partial charge is 0.368 e. The molecule has 0 atom stereocenters. The number of carbonyl (C=O) groups excluding carboxylic acids is 1. The zero-order valence-electron chi connectivity index (χ0n) is 12.4. The van der Waals surface area contributed by atoms with E-state index in [0.29, 0.717) is 22.1 Å². The summed E-state index contributed by atoms with van der Waals surface area (Å²) in [6.45, 7) is 0. The average molecular weight is 341 g/mol. The molecule has 0 bridgehead atoms. The first-order chi connectivity index (χ1) is 11.6. The number of nitrogen functional groups attached to an aromatic ring is 1. The van der Waals surface area contributed by atoms with E-state index in [4.69, 9.17) is 17.3 Å². The van der Waals surface area contributed by atoms with Crippen molar-refractivity contribution in [1.29, 1.82) is 0 Å². The Bertz CT molecular complexity index is 854. The van der Waals surface area contributed by atoms with E-state index in [-0.39, 0.29) is 11.9 Å². The Balaban J connectivity index is 1.78. The van der Waals surface area contributed by atoms with Gasteiger partial charge in [-0.1, -0.05) is 29.8 Å². The zero-order chi connectivity index (χ0) is 16.9. The lowest BCUT2D eigenvalue weighted by Gasteiger charge is -2.08. The van der Waals surface area contributed by atoms with Gasteiger partial charge in [0.15, 0.2) is 5.82 Å². The maximum Gasteiger partial charge on any atom is 0.326 e. The van der Waals surface area contributed by atoms with Crippen LogP contribution in [0, 0.1) is 0 Å². The Morgan fingerprint density at radius 1 is 0.917 bits per heavy atom. The van der Waals surface area contributed by atoms with Crippen LogP contribution in [0.15, 0.2) is 54.6 Å².